The Kier molecular flexibility index (Phi) is 5.74. The van der Waals surface area contributed by atoms with Gasteiger partial charge in [-0.15, -0.1) is 0 Å². The smallest absolute Gasteiger partial charge is 0.132 e. The van der Waals surface area contributed by atoms with Gasteiger partial charge in [0.2, 0.25) is 0 Å². The summed E-state index contributed by atoms with van der Waals surface area (Å²) in [6, 6.07) is 31.2. The van der Waals surface area contributed by atoms with Gasteiger partial charge in [0.05, 0.1) is 7.11 Å². The number of aliphatic imine (C=N–C) groups is 1. The quantitative estimate of drug-likeness (QED) is 0.424. The summed E-state index contributed by atoms with van der Waals surface area (Å²) in [5, 5.41) is 0. The molecule has 0 spiro atoms. The molecule has 1 aliphatic heterocycles. The highest BCUT2D eigenvalue weighted by Gasteiger charge is 2.52. The molecule has 4 nitrogen and oxygen atoms in total. The van der Waals surface area contributed by atoms with Crippen molar-refractivity contribution in [3.8, 4) is 0 Å². The van der Waals surface area contributed by atoms with Gasteiger partial charge in [-0.3, -0.25) is 4.99 Å². The van der Waals surface area contributed by atoms with E-state index in [2.05, 4.69) is 84.6 Å². The van der Waals surface area contributed by atoms with E-state index in [1.54, 1.807) is 7.11 Å². The summed E-state index contributed by atoms with van der Waals surface area (Å²) in [6.45, 7) is 3.32. The maximum absolute atomic E-state index is 5.63. The molecule has 2 atom stereocenters. The Bertz CT molecular complexity index is 944. The van der Waals surface area contributed by atoms with Crippen LogP contribution in [-0.2, 0) is 15.3 Å². The second kappa shape index (κ2) is 8.60. The Morgan fingerprint density at radius 1 is 0.862 bits per heavy atom. The normalized spacial score (nSPS) is 21.2. The van der Waals surface area contributed by atoms with Crippen LogP contribution in [0.15, 0.2) is 96.0 Å². The molecule has 4 rings (SSSR count). The molecule has 0 fully saturated rings. The summed E-state index contributed by atoms with van der Waals surface area (Å²) in [5.41, 5.74) is 2.90. The Morgan fingerprint density at radius 3 is 2.03 bits per heavy atom. The molecule has 0 N–H and O–H groups in total. The topological polar surface area (TPSA) is 34.1 Å². The van der Waals surface area contributed by atoms with E-state index in [0.717, 1.165) is 29.1 Å². The third kappa shape index (κ3) is 3.46. The molecule has 4 heteroatoms. The van der Waals surface area contributed by atoms with E-state index in [0.29, 0.717) is 6.61 Å². The summed E-state index contributed by atoms with van der Waals surface area (Å²) >= 11 is 0. The summed E-state index contributed by atoms with van der Waals surface area (Å²) in [5.74, 6) is 0.977. The van der Waals surface area contributed by atoms with Crippen LogP contribution < -0.4 is 0 Å². The minimum absolute atomic E-state index is 0.128. The van der Waals surface area contributed by atoms with Gasteiger partial charge >= 0.3 is 0 Å². The number of benzene rings is 3. The fourth-order valence-electron chi connectivity index (χ4n) is 4.30. The zero-order valence-electron chi connectivity index (χ0n) is 16.9. The van der Waals surface area contributed by atoms with Gasteiger partial charge in [-0.25, -0.2) is 9.78 Å². The molecule has 0 aromatic heterocycles. The van der Waals surface area contributed by atoms with Crippen molar-refractivity contribution in [2.45, 2.75) is 18.5 Å². The lowest BCUT2D eigenvalue weighted by atomic mass is 9.79. The van der Waals surface area contributed by atoms with Crippen LogP contribution in [-0.4, -0.2) is 31.0 Å². The van der Waals surface area contributed by atoms with Crippen LogP contribution in [0.2, 0.25) is 0 Å². The number of nitrogens with zero attached hydrogens (tertiary/aromatic N) is 2. The van der Waals surface area contributed by atoms with Gasteiger partial charge < -0.3 is 4.90 Å². The third-order valence-electron chi connectivity index (χ3n) is 5.58. The number of likely N-dealkylation sites (N-methyl/N-ethyl adjacent to an activating group) is 1. The first-order chi connectivity index (χ1) is 14.3. The Labute approximate surface area is 172 Å². The molecule has 0 bridgehead atoms. The SMILES string of the molecule is CCN1C(c2ccccc2)=NC(c2ccccc2)C1(COOC)c1ccccc1. The zero-order valence-corrected chi connectivity index (χ0v) is 16.9. The van der Waals surface area contributed by atoms with E-state index in [9.17, 15) is 0 Å². The van der Waals surface area contributed by atoms with Crippen molar-refractivity contribution < 1.29 is 9.78 Å². The lowest BCUT2D eigenvalue weighted by Gasteiger charge is -2.43. The van der Waals surface area contributed by atoms with Gasteiger partial charge in [-0.1, -0.05) is 91.0 Å². The molecule has 148 valence electrons. The first-order valence-electron chi connectivity index (χ1n) is 9.98. The minimum Gasteiger partial charge on any atom is -0.342 e. The molecule has 3 aromatic carbocycles. The highest BCUT2D eigenvalue weighted by Crippen LogP contribution is 2.48. The first-order valence-corrected chi connectivity index (χ1v) is 9.98. The highest BCUT2D eigenvalue weighted by molar-refractivity contribution is 6.01. The van der Waals surface area contributed by atoms with Crippen LogP contribution >= 0.6 is 0 Å². The molecular weight excluding hydrogens is 360 g/mol. The zero-order chi connectivity index (χ0) is 20.1. The second-order valence-electron chi connectivity index (χ2n) is 7.10. The van der Waals surface area contributed by atoms with Gasteiger partial charge in [-0.05, 0) is 18.1 Å². The molecule has 3 aromatic rings. The van der Waals surface area contributed by atoms with Crippen molar-refractivity contribution >= 4 is 5.84 Å². The molecule has 29 heavy (non-hydrogen) atoms. The summed E-state index contributed by atoms with van der Waals surface area (Å²) in [7, 11) is 1.56. The first kappa shape index (κ1) is 19.4. The lowest BCUT2D eigenvalue weighted by molar-refractivity contribution is -0.290. The van der Waals surface area contributed by atoms with E-state index in [1.807, 2.05) is 18.2 Å². The average Bonchev–Trinajstić information content (AvgIpc) is 3.14. The van der Waals surface area contributed by atoms with Gasteiger partial charge in [0.25, 0.3) is 0 Å². The maximum atomic E-state index is 5.63. The molecule has 0 radical (unpaired) electrons. The van der Waals surface area contributed by atoms with Gasteiger partial charge in [0.15, 0.2) is 0 Å². The molecule has 1 aliphatic rings. The van der Waals surface area contributed by atoms with E-state index in [-0.39, 0.29) is 6.04 Å². The predicted octanol–water partition coefficient (Wildman–Crippen LogP) is 4.98. The van der Waals surface area contributed by atoms with Crippen molar-refractivity contribution in [3.05, 3.63) is 108 Å². The Hall–Kier alpha value is -2.95. The van der Waals surface area contributed by atoms with E-state index < -0.39 is 5.54 Å². The molecule has 2 unspecified atom stereocenters. The van der Waals surface area contributed by atoms with Gasteiger partial charge in [-0.2, -0.15) is 0 Å². The largest absolute Gasteiger partial charge is 0.342 e. The van der Waals surface area contributed by atoms with Crippen LogP contribution in [0.25, 0.3) is 0 Å². The predicted molar refractivity (Wildman–Crippen MR) is 116 cm³/mol. The molecule has 0 saturated carbocycles. The lowest BCUT2D eigenvalue weighted by Crippen LogP contribution is -2.51. The van der Waals surface area contributed by atoms with Crippen LogP contribution in [0, 0.1) is 0 Å². The van der Waals surface area contributed by atoms with Crippen molar-refractivity contribution in [3.63, 3.8) is 0 Å². The van der Waals surface area contributed by atoms with Crippen molar-refractivity contribution in [2.75, 3.05) is 20.3 Å². The minimum atomic E-state index is -0.515. The Morgan fingerprint density at radius 2 is 1.45 bits per heavy atom. The third-order valence-corrected chi connectivity index (χ3v) is 5.58. The van der Waals surface area contributed by atoms with Crippen LogP contribution in [0.3, 0.4) is 0 Å². The second-order valence-corrected chi connectivity index (χ2v) is 7.10. The van der Waals surface area contributed by atoms with Crippen LogP contribution in [0.4, 0.5) is 0 Å². The average molecular weight is 386 g/mol. The van der Waals surface area contributed by atoms with Gasteiger partial charge in [0.1, 0.15) is 24.0 Å². The molecule has 0 saturated heterocycles. The molecule has 0 aliphatic carbocycles. The van der Waals surface area contributed by atoms with E-state index in [1.165, 1.54) is 0 Å². The fraction of sp³-hybridized carbons (Fsp3) is 0.240. The van der Waals surface area contributed by atoms with E-state index >= 15 is 0 Å². The number of hydrogen-bond acceptors (Lipinski definition) is 4. The number of hydrogen-bond donors (Lipinski definition) is 0. The summed E-state index contributed by atoms with van der Waals surface area (Å²) in [6.07, 6.45) is 0. The number of rotatable bonds is 7. The van der Waals surface area contributed by atoms with Crippen molar-refractivity contribution in [1.82, 2.24) is 4.90 Å². The van der Waals surface area contributed by atoms with Gasteiger partial charge in [0, 0.05) is 12.1 Å². The maximum Gasteiger partial charge on any atom is 0.132 e. The Balaban J connectivity index is 1.94. The van der Waals surface area contributed by atoms with Crippen molar-refractivity contribution in [2.24, 2.45) is 4.99 Å². The molecular formula is C25H26N2O2. The van der Waals surface area contributed by atoms with Crippen LogP contribution in [0.1, 0.15) is 29.7 Å². The van der Waals surface area contributed by atoms with Crippen LogP contribution in [0.5, 0.6) is 0 Å². The standard InChI is InChI=1S/C25H26N2O2/c1-3-27-24(21-15-9-5-10-16-21)26-23(20-13-7-4-8-14-20)25(27,19-29-28-2)22-17-11-6-12-18-22/h4-18,23H,3,19H2,1-2H3. The fourth-order valence-corrected chi connectivity index (χ4v) is 4.30. The van der Waals surface area contributed by atoms with Crippen molar-refractivity contribution in [1.29, 1.82) is 0 Å². The van der Waals surface area contributed by atoms with E-state index in [4.69, 9.17) is 14.8 Å². The monoisotopic (exact) mass is 386 g/mol. The summed E-state index contributed by atoms with van der Waals surface area (Å²) in [4.78, 5) is 18.3. The summed E-state index contributed by atoms with van der Waals surface area (Å²) < 4.78 is 0. The molecule has 1 heterocycles. The molecule has 0 amide bonds. The number of amidine groups is 1. The highest BCUT2D eigenvalue weighted by atomic mass is 17.2.